The summed E-state index contributed by atoms with van der Waals surface area (Å²) in [6.07, 6.45) is 0. The molecule has 0 radical (unpaired) electrons. The Morgan fingerprint density at radius 1 is 0.842 bits per heavy atom. The molecule has 0 fully saturated rings. The highest BCUT2D eigenvalue weighted by Gasteiger charge is 2.18. The molecule has 2 aromatic rings. The van der Waals surface area contributed by atoms with Crippen LogP contribution in [0, 0.1) is 23.3 Å². The van der Waals surface area contributed by atoms with Crippen LogP contribution in [0.4, 0.5) is 17.6 Å². The van der Waals surface area contributed by atoms with Crippen LogP contribution < -0.4 is 5.73 Å². The number of hydrogen-bond acceptors (Lipinski definition) is 1. The Labute approximate surface area is 111 Å². The van der Waals surface area contributed by atoms with Crippen molar-refractivity contribution in [2.45, 2.75) is 6.04 Å². The van der Waals surface area contributed by atoms with Gasteiger partial charge in [-0.15, -0.1) is 0 Å². The first-order valence-corrected chi connectivity index (χ1v) is 5.63. The third-order valence-corrected chi connectivity index (χ3v) is 2.98. The molecule has 1 unspecified atom stereocenters. The van der Waals surface area contributed by atoms with Gasteiger partial charge in [0.15, 0.2) is 11.6 Å². The van der Waals surface area contributed by atoms with Crippen molar-refractivity contribution >= 4 is 11.6 Å². The van der Waals surface area contributed by atoms with Crippen LogP contribution in [-0.4, -0.2) is 0 Å². The Morgan fingerprint density at radius 2 is 1.47 bits per heavy atom. The zero-order valence-electron chi connectivity index (χ0n) is 9.43. The molecule has 0 saturated heterocycles. The van der Waals surface area contributed by atoms with E-state index in [0.717, 1.165) is 6.07 Å². The van der Waals surface area contributed by atoms with Crippen LogP contribution >= 0.6 is 11.6 Å². The van der Waals surface area contributed by atoms with E-state index in [1.54, 1.807) is 0 Å². The molecule has 19 heavy (non-hydrogen) atoms. The Hall–Kier alpha value is -1.59. The van der Waals surface area contributed by atoms with Gasteiger partial charge in [0.2, 0.25) is 0 Å². The SMILES string of the molecule is NC(c1ccc(Cl)c(F)c1)c1cc(F)c(F)cc1F. The number of halogens is 5. The highest BCUT2D eigenvalue weighted by atomic mass is 35.5. The van der Waals surface area contributed by atoms with E-state index in [4.69, 9.17) is 17.3 Å². The molecule has 2 rings (SSSR count). The van der Waals surface area contributed by atoms with Crippen molar-refractivity contribution in [2.24, 2.45) is 5.73 Å². The minimum absolute atomic E-state index is 0.110. The molecule has 1 nitrogen and oxygen atoms in total. The normalized spacial score (nSPS) is 12.5. The molecular weight excluding hydrogens is 282 g/mol. The maximum Gasteiger partial charge on any atom is 0.161 e. The van der Waals surface area contributed by atoms with Crippen LogP contribution in [0.15, 0.2) is 30.3 Å². The molecule has 0 aliphatic carbocycles. The lowest BCUT2D eigenvalue weighted by Gasteiger charge is -2.14. The maximum atomic E-state index is 13.5. The fraction of sp³-hybridized carbons (Fsp3) is 0.0769. The summed E-state index contributed by atoms with van der Waals surface area (Å²) in [5, 5.41) is -0.110. The van der Waals surface area contributed by atoms with Crippen LogP contribution in [0.5, 0.6) is 0 Å². The summed E-state index contributed by atoms with van der Waals surface area (Å²) in [6, 6.07) is 3.59. The number of rotatable bonds is 2. The van der Waals surface area contributed by atoms with Crippen LogP contribution in [-0.2, 0) is 0 Å². The molecule has 2 N–H and O–H groups in total. The van der Waals surface area contributed by atoms with E-state index < -0.39 is 29.3 Å². The van der Waals surface area contributed by atoms with E-state index in [0.29, 0.717) is 12.1 Å². The fourth-order valence-electron chi connectivity index (χ4n) is 1.66. The van der Waals surface area contributed by atoms with Crippen molar-refractivity contribution in [1.29, 1.82) is 0 Å². The highest BCUT2D eigenvalue weighted by molar-refractivity contribution is 6.30. The molecule has 0 aliphatic rings. The summed E-state index contributed by atoms with van der Waals surface area (Å²) in [6.45, 7) is 0. The standard InChI is InChI=1S/C13H8ClF4N/c14-8-2-1-6(3-10(8)16)13(19)7-4-11(17)12(18)5-9(7)15/h1-5,13H,19H2. The lowest BCUT2D eigenvalue weighted by atomic mass is 9.99. The van der Waals surface area contributed by atoms with Gasteiger partial charge in [0.25, 0.3) is 0 Å². The molecule has 100 valence electrons. The van der Waals surface area contributed by atoms with Crippen molar-refractivity contribution in [3.63, 3.8) is 0 Å². The second-order valence-electron chi connectivity index (χ2n) is 3.94. The van der Waals surface area contributed by atoms with E-state index >= 15 is 0 Å². The molecule has 6 heteroatoms. The molecule has 0 spiro atoms. The average Bonchev–Trinajstić information content (AvgIpc) is 2.36. The third-order valence-electron chi connectivity index (χ3n) is 2.68. The number of nitrogens with two attached hydrogens (primary N) is 1. The average molecular weight is 290 g/mol. The van der Waals surface area contributed by atoms with Gasteiger partial charge >= 0.3 is 0 Å². The Bertz CT molecular complexity index is 630. The highest BCUT2D eigenvalue weighted by Crippen LogP contribution is 2.26. The van der Waals surface area contributed by atoms with Crippen molar-refractivity contribution in [3.8, 4) is 0 Å². The summed E-state index contributed by atoms with van der Waals surface area (Å²) in [4.78, 5) is 0. The van der Waals surface area contributed by atoms with Crippen molar-refractivity contribution < 1.29 is 17.6 Å². The van der Waals surface area contributed by atoms with Gasteiger partial charge in [-0.25, -0.2) is 17.6 Å². The Balaban J connectivity index is 2.46. The van der Waals surface area contributed by atoms with Crippen molar-refractivity contribution in [1.82, 2.24) is 0 Å². The quantitative estimate of drug-likeness (QED) is 0.657. The zero-order chi connectivity index (χ0) is 14.2. The van der Waals surface area contributed by atoms with E-state index in [1.165, 1.54) is 12.1 Å². The smallest absolute Gasteiger partial charge is 0.161 e. The summed E-state index contributed by atoms with van der Waals surface area (Å²) in [5.41, 5.74) is 5.65. The number of hydrogen-bond donors (Lipinski definition) is 1. The Kier molecular flexibility index (Phi) is 3.78. The van der Waals surface area contributed by atoms with Gasteiger partial charge in [0.1, 0.15) is 11.6 Å². The molecule has 0 saturated carbocycles. The maximum absolute atomic E-state index is 13.5. The van der Waals surface area contributed by atoms with Gasteiger partial charge in [-0.3, -0.25) is 0 Å². The van der Waals surface area contributed by atoms with Gasteiger partial charge in [-0.05, 0) is 23.8 Å². The van der Waals surface area contributed by atoms with Gasteiger partial charge in [0, 0.05) is 11.6 Å². The van der Waals surface area contributed by atoms with Gasteiger partial charge in [0.05, 0.1) is 11.1 Å². The summed E-state index contributed by atoms with van der Waals surface area (Å²) < 4.78 is 52.7. The predicted molar refractivity (Wildman–Crippen MR) is 63.8 cm³/mol. The van der Waals surface area contributed by atoms with Crippen LogP contribution in [0.1, 0.15) is 17.2 Å². The van der Waals surface area contributed by atoms with Crippen molar-refractivity contribution in [2.75, 3.05) is 0 Å². The predicted octanol–water partition coefficient (Wildman–Crippen LogP) is 3.94. The van der Waals surface area contributed by atoms with E-state index in [9.17, 15) is 17.6 Å². The fourth-order valence-corrected chi connectivity index (χ4v) is 1.78. The largest absolute Gasteiger partial charge is 0.320 e. The first-order chi connectivity index (χ1) is 8.90. The van der Waals surface area contributed by atoms with Crippen LogP contribution in [0.25, 0.3) is 0 Å². The van der Waals surface area contributed by atoms with Crippen molar-refractivity contribution in [3.05, 3.63) is 69.8 Å². The molecule has 0 amide bonds. The van der Waals surface area contributed by atoms with E-state index in [-0.39, 0.29) is 16.1 Å². The van der Waals surface area contributed by atoms with E-state index in [2.05, 4.69) is 0 Å². The summed E-state index contributed by atoms with van der Waals surface area (Å²) in [7, 11) is 0. The molecule has 0 heterocycles. The zero-order valence-corrected chi connectivity index (χ0v) is 10.2. The first-order valence-electron chi connectivity index (χ1n) is 5.25. The molecule has 2 aromatic carbocycles. The van der Waals surface area contributed by atoms with Crippen LogP contribution in [0.3, 0.4) is 0 Å². The molecule has 0 bridgehead atoms. The van der Waals surface area contributed by atoms with Gasteiger partial charge in [-0.2, -0.15) is 0 Å². The Morgan fingerprint density at radius 3 is 2.11 bits per heavy atom. The number of benzene rings is 2. The third kappa shape index (κ3) is 2.72. The minimum Gasteiger partial charge on any atom is -0.320 e. The lowest BCUT2D eigenvalue weighted by Crippen LogP contribution is -2.14. The second-order valence-corrected chi connectivity index (χ2v) is 4.35. The summed E-state index contributed by atoms with van der Waals surface area (Å²) in [5.74, 6) is -4.25. The lowest BCUT2D eigenvalue weighted by molar-refractivity contribution is 0.487. The molecule has 1 atom stereocenters. The minimum atomic E-state index is -1.31. The monoisotopic (exact) mass is 289 g/mol. The molecular formula is C13H8ClF4N. The molecule has 0 aliphatic heterocycles. The first kappa shape index (κ1) is 13.8. The van der Waals surface area contributed by atoms with Crippen LogP contribution in [0.2, 0.25) is 5.02 Å². The van der Waals surface area contributed by atoms with Gasteiger partial charge < -0.3 is 5.73 Å². The second kappa shape index (κ2) is 5.19. The molecule has 0 aromatic heterocycles. The van der Waals surface area contributed by atoms with Gasteiger partial charge in [-0.1, -0.05) is 17.7 Å². The topological polar surface area (TPSA) is 26.0 Å². The van der Waals surface area contributed by atoms with E-state index in [1.807, 2.05) is 0 Å². The summed E-state index contributed by atoms with van der Waals surface area (Å²) >= 11 is 5.51.